The van der Waals surface area contributed by atoms with Crippen LogP contribution in [0, 0.1) is 6.92 Å². The van der Waals surface area contributed by atoms with Crippen LogP contribution in [0.25, 0.3) is 0 Å². The summed E-state index contributed by atoms with van der Waals surface area (Å²) in [6.07, 6.45) is -3.20. The lowest BCUT2D eigenvalue weighted by atomic mass is 10.2. The largest absolute Gasteiger partial charge is 0.439 e. The first kappa shape index (κ1) is 24.0. The maximum Gasteiger partial charge on any atom is 0.417 e. The van der Waals surface area contributed by atoms with E-state index >= 15 is 0 Å². The van der Waals surface area contributed by atoms with Crippen LogP contribution in [0.15, 0.2) is 48.1 Å². The number of thiazole rings is 1. The van der Waals surface area contributed by atoms with Gasteiger partial charge in [-0.1, -0.05) is 0 Å². The van der Waals surface area contributed by atoms with Crippen molar-refractivity contribution in [2.75, 3.05) is 32.7 Å². The molecule has 0 bridgehead atoms. The fourth-order valence-electron chi connectivity index (χ4n) is 3.45. The van der Waals surface area contributed by atoms with Gasteiger partial charge in [-0.05, 0) is 43.7 Å². The fraction of sp³-hybridized carbons (Fsp3) is 0.348. The number of nitrogens with zero attached hydrogens (tertiary/aromatic N) is 4. The van der Waals surface area contributed by atoms with Crippen LogP contribution >= 0.6 is 11.3 Å². The minimum atomic E-state index is -4.45. The molecule has 0 N–H and O–H groups in total. The smallest absolute Gasteiger partial charge is 0.417 e. The molecule has 7 nitrogen and oxygen atoms in total. The van der Waals surface area contributed by atoms with Crippen molar-refractivity contribution in [3.05, 3.63) is 64.2 Å². The number of amides is 1. The van der Waals surface area contributed by atoms with Gasteiger partial charge in [0.1, 0.15) is 11.5 Å². The van der Waals surface area contributed by atoms with Gasteiger partial charge >= 0.3 is 12.3 Å². The summed E-state index contributed by atoms with van der Waals surface area (Å²) < 4.78 is 48.8. The normalized spacial score (nSPS) is 14.8. The number of alkyl halides is 3. The third kappa shape index (κ3) is 6.23. The molecule has 1 aromatic carbocycles. The zero-order chi connectivity index (χ0) is 24.1. The molecule has 1 saturated heterocycles. The van der Waals surface area contributed by atoms with Crippen molar-refractivity contribution in [3.8, 4) is 17.4 Å². The highest BCUT2D eigenvalue weighted by molar-refractivity contribution is 7.09. The van der Waals surface area contributed by atoms with Crippen LogP contribution < -0.4 is 9.47 Å². The van der Waals surface area contributed by atoms with Crippen molar-refractivity contribution in [3.63, 3.8) is 0 Å². The van der Waals surface area contributed by atoms with Crippen molar-refractivity contribution in [2.24, 2.45) is 0 Å². The highest BCUT2D eigenvalue weighted by Crippen LogP contribution is 2.30. The van der Waals surface area contributed by atoms with Crippen molar-refractivity contribution in [1.29, 1.82) is 0 Å². The summed E-state index contributed by atoms with van der Waals surface area (Å²) in [5.74, 6) is 0.735. The lowest BCUT2D eigenvalue weighted by Crippen LogP contribution is -2.49. The molecule has 1 amide bonds. The molecule has 0 radical (unpaired) electrons. The molecular formula is C23H23F3N4O3S. The lowest BCUT2D eigenvalue weighted by Gasteiger charge is -2.33. The number of hydrogen-bond donors (Lipinski definition) is 0. The van der Waals surface area contributed by atoms with Gasteiger partial charge in [-0.3, -0.25) is 4.90 Å². The molecule has 0 unspecified atom stereocenters. The van der Waals surface area contributed by atoms with Crippen LogP contribution in [0.2, 0.25) is 0 Å². The van der Waals surface area contributed by atoms with Gasteiger partial charge in [0.15, 0.2) is 0 Å². The van der Waals surface area contributed by atoms with Gasteiger partial charge in [0.05, 0.1) is 16.8 Å². The monoisotopic (exact) mass is 492 g/mol. The molecule has 180 valence electrons. The number of benzene rings is 1. The second-order valence-electron chi connectivity index (χ2n) is 7.76. The maximum absolute atomic E-state index is 12.6. The van der Waals surface area contributed by atoms with E-state index in [-0.39, 0.29) is 5.88 Å². The Labute approximate surface area is 198 Å². The molecule has 0 aliphatic carbocycles. The molecule has 1 aliphatic heterocycles. The van der Waals surface area contributed by atoms with Gasteiger partial charge in [0, 0.05) is 49.9 Å². The summed E-state index contributed by atoms with van der Waals surface area (Å²) in [6, 6.07) is 8.28. The summed E-state index contributed by atoms with van der Waals surface area (Å²) in [4.78, 5) is 25.7. The Kier molecular flexibility index (Phi) is 7.32. The SMILES string of the molecule is Cc1ncsc1CCN1CCN(C(=O)Oc2ccc(Oc3ccc(C(F)(F)F)cn3)cc2)CC1. The first-order valence-electron chi connectivity index (χ1n) is 10.7. The molecule has 0 atom stereocenters. The Hall–Kier alpha value is -3.18. The number of aryl methyl sites for hydroxylation is 1. The quantitative estimate of drug-likeness (QED) is 0.482. The van der Waals surface area contributed by atoms with Crippen LogP contribution in [0.3, 0.4) is 0 Å². The van der Waals surface area contributed by atoms with Crippen molar-refractivity contribution >= 4 is 17.4 Å². The molecule has 1 aliphatic rings. The predicted octanol–water partition coefficient (Wildman–Crippen LogP) is 5.02. The first-order valence-corrected chi connectivity index (χ1v) is 11.5. The summed E-state index contributed by atoms with van der Waals surface area (Å²) in [6.45, 7) is 5.67. The number of carbonyl (C=O) groups excluding carboxylic acids is 1. The lowest BCUT2D eigenvalue weighted by molar-refractivity contribution is -0.137. The Balaban J connectivity index is 1.23. The zero-order valence-corrected chi connectivity index (χ0v) is 19.2. The Morgan fingerprint density at radius 1 is 1.03 bits per heavy atom. The third-order valence-corrected chi connectivity index (χ3v) is 6.44. The number of piperazine rings is 1. The first-order chi connectivity index (χ1) is 16.3. The minimum absolute atomic E-state index is 0.0288. The van der Waals surface area contributed by atoms with Crippen molar-refractivity contribution in [2.45, 2.75) is 19.5 Å². The average Bonchev–Trinajstić information content (AvgIpc) is 3.23. The van der Waals surface area contributed by atoms with Gasteiger partial charge in [0.2, 0.25) is 5.88 Å². The minimum Gasteiger partial charge on any atom is -0.439 e. The molecule has 3 aromatic rings. The molecule has 4 rings (SSSR count). The fourth-order valence-corrected chi connectivity index (χ4v) is 4.22. The van der Waals surface area contributed by atoms with E-state index in [1.54, 1.807) is 40.5 Å². The topological polar surface area (TPSA) is 67.8 Å². The molecule has 0 saturated carbocycles. The van der Waals surface area contributed by atoms with Crippen molar-refractivity contribution < 1.29 is 27.4 Å². The molecule has 11 heteroatoms. The van der Waals surface area contributed by atoms with Gasteiger partial charge in [-0.15, -0.1) is 11.3 Å². The second kappa shape index (κ2) is 10.4. The summed E-state index contributed by atoms with van der Waals surface area (Å²) in [7, 11) is 0. The van der Waals surface area contributed by atoms with E-state index in [2.05, 4.69) is 14.9 Å². The van der Waals surface area contributed by atoms with Gasteiger partial charge in [-0.25, -0.2) is 14.8 Å². The van der Waals surface area contributed by atoms with E-state index in [1.165, 1.54) is 4.88 Å². The van der Waals surface area contributed by atoms with Gasteiger partial charge < -0.3 is 14.4 Å². The van der Waals surface area contributed by atoms with Crippen LogP contribution in [0.4, 0.5) is 18.0 Å². The van der Waals surface area contributed by atoms with E-state index in [0.717, 1.165) is 43.9 Å². The number of ether oxygens (including phenoxy) is 2. The van der Waals surface area contributed by atoms with E-state index in [0.29, 0.717) is 30.8 Å². The Morgan fingerprint density at radius 3 is 2.32 bits per heavy atom. The second-order valence-corrected chi connectivity index (χ2v) is 8.70. The molecular weight excluding hydrogens is 469 g/mol. The highest BCUT2D eigenvalue weighted by atomic mass is 32.1. The van der Waals surface area contributed by atoms with Crippen LogP contribution in [0.1, 0.15) is 16.1 Å². The summed E-state index contributed by atoms with van der Waals surface area (Å²) in [5, 5.41) is 0. The molecule has 0 spiro atoms. The standard InChI is InChI=1S/C23H23F3N4O3S/c1-16-20(34-15-28-16)8-9-29-10-12-30(13-11-29)22(31)33-19-5-3-18(4-6-19)32-21-7-2-17(14-27-21)23(24,25)26/h2-7,14-15H,8-13H2,1H3. The van der Waals surface area contributed by atoms with Crippen molar-refractivity contribution in [1.82, 2.24) is 19.8 Å². The summed E-state index contributed by atoms with van der Waals surface area (Å²) in [5.41, 5.74) is 2.10. The third-order valence-electron chi connectivity index (χ3n) is 5.45. The van der Waals surface area contributed by atoms with E-state index in [4.69, 9.17) is 9.47 Å². The summed E-state index contributed by atoms with van der Waals surface area (Å²) >= 11 is 1.67. The van der Waals surface area contributed by atoms with E-state index < -0.39 is 17.8 Å². The Bertz CT molecular complexity index is 1100. The molecule has 34 heavy (non-hydrogen) atoms. The molecule has 3 heterocycles. The van der Waals surface area contributed by atoms with Gasteiger partial charge in [0.25, 0.3) is 0 Å². The molecule has 2 aromatic heterocycles. The highest BCUT2D eigenvalue weighted by Gasteiger charge is 2.30. The number of hydrogen-bond acceptors (Lipinski definition) is 7. The van der Waals surface area contributed by atoms with E-state index in [9.17, 15) is 18.0 Å². The maximum atomic E-state index is 12.6. The number of pyridine rings is 1. The molecule has 1 fully saturated rings. The van der Waals surface area contributed by atoms with Gasteiger partial charge in [-0.2, -0.15) is 13.2 Å². The number of rotatable bonds is 6. The van der Waals surface area contributed by atoms with Crippen LogP contribution in [-0.2, 0) is 12.6 Å². The van der Waals surface area contributed by atoms with Crippen LogP contribution in [0.5, 0.6) is 17.4 Å². The average molecular weight is 493 g/mol. The van der Waals surface area contributed by atoms with E-state index in [1.807, 2.05) is 12.4 Å². The van der Waals surface area contributed by atoms with Crippen LogP contribution in [-0.4, -0.2) is 58.6 Å². The zero-order valence-electron chi connectivity index (χ0n) is 18.4. The number of halogens is 3. The predicted molar refractivity (Wildman–Crippen MR) is 120 cm³/mol. The number of aromatic nitrogens is 2. The Morgan fingerprint density at radius 2 is 1.74 bits per heavy atom. The number of carbonyl (C=O) groups is 1.